The summed E-state index contributed by atoms with van der Waals surface area (Å²) in [5, 5.41) is 0. The Morgan fingerprint density at radius 2 is 1.06 bits per heavy atom. The maximum absolute atomic E-state index is 2.41. The summed E-state index contributed by atoms with van der Waals surface area (Å²) in [6.07, 6.45) is 8.21. The van der Waals surface area contributed by atoms with Crippen LogP contribution in [0.2, 0.25) is 0 Å². The van der Waals surface area contributed by atoms with Crippen molar-refractivity contribution in [3.63, 3.8) is 0 Å². The van der Waals surface area contributed by atoms with E-state index in [1.54, 1.807) is 22.3 Å². The van der Waals surface area contributed by atoms with Gasteiger partial charge < -0.3 is 0 Å². The molecule has 16 heavy (non-hydrogen) atoms. The molecule has 4 rings (SSSR count). The Hall–Kier alpha value is -0.780. The molecule has 0 aromatic carbocycles. The minimum Gasteiger partial charge on any atom is -0.0620 e. The predicted octanol–water partition coefficient (Wildman–Crippen LogP) is 4.54. The number of hydrogen-bond donors (Lipinski definition) is 0. The molecule has 0 saturated heterocycles. The summed E-state index contributed by atoms with van der Waals surface area (Å²) in [5.41, 5.74) is 10.8. The Kier molecular flexibility index (Phi) is 1.69. The van der Waals surface area contributed by atoms with Crippen molar-refractivity contribution < 1.29 is 0 Å². The fraction of sp³-hybridized carbons (Fsp3) is 0.625. The van der Waals surface area contributed by atoms with Gasteiger partial charge in [-0.1, -0.05) is 25.0 Å². The van der Waals surface area contributed by atoms with Gasteiger partial charge in [-0.15, -0.1) is 0 Å². The van der Waals surface area contributed by atoms with E-state index >= 15 is 0 Å². The maximum Gasteiger partial charge on any atom is -0.00554 e. The molecule has 0 heterocycles. The van der Waals surface area contributed by atoms with Crippen molar-refractivity contribution in [1.29, 1.82) is 0 Å². The van der Waals surface area contributed by atoms with Crippen LogP contribution in [0, 0.1) is 11.8 Å². The Labute approximate surface area is 98.1 Å². The third-order valence-electron chi connectivity index (χ3n) is 5.02. The third kappa shape index (κ3) is 1.06. The zero-order chi connectivity index (χ0) is 10.9. The van der Waals surface area contributed by atoms with Crippen molar-refractivity contribution in [3.8, 4) is 0 Å². The van der Waals surface area contributed by atoms with Crippen molar-refractivity contribution in [1.82, 2.24) is 0 Å². The first-order valence-electron chi connectivity index (χ1n) is 6.87. The predicted molar refractivity (Wildman–Crippen MR) is 67.1 cm³/mol. The van der Waals surface area contributed by atoms with Crippen LogP contribution in [0.5, 0.6) is 0 Å². The second-order valence-corrected chi connectivity index (χ2v) is 6.50. The maximum atomic E-state index is 2.41. The smallest absolute Gasteiger partial charge is 0.00554 e. The van der Waals surface area contributed by atoms with Crippen LogP contribution in [-0.2, 0) is 0 Å². The lowest BCUT2D eigenvalue weighted by Gasteiger charge is -2.11. The van der Waals surface area contributed by atoms with Crippen LogP contribution < -0.4 is 0 Å². The summed E-state index contributed by atoms with van der Waals surface area (Å²) in [7, 11) is 0. The van der Waals surface area contributed by atoms with Gasteiger partial charge in [0.2, 0.25) is 0 Å². The highest BCUT2D eigenvalue weighted by molar-refractivity contribution is 5.63. The van der Waals surface area contributed by atoms with Crippen LogP contribution >= 0.6 is 0 Å². The fourth-order valence-electron chi connectivity index (χ4n) is 4.47. The van der Waals surface area contributed by atoms with E-state index in [4.69, 9.17) is 0 Å². The quantitative estimate of drug-likeness (QED) is 0.553. The van der Waals surface area contributed by atoms with E-state index in [1.165, 1.54) is 38.5 Å². The minimum absolute atomic E-state index is 0.924. The van der Waals surface area contributed by atoms with Crippen molar-refractivity contribution in [3.05, 3.63) is 33.4 Å². The first-order chi connectivity index (χ1) is 7.72. The summed E-state index contributed by atoms with van der Waals surface area (Å²) >= 11 is 0. The second kappa shape index (κ2) is 2.91. The summed E-state index contributed by atoms with van der Waals surface area (Å²) in [5.74, 6) is 1.85. The van der Waals surface area contributed by atoms with E-state index in [1.807, 2.05) is 11.1 Å². The van der Waals surface area contributed by atoms with Crippen LogP contribution in [0.1, 0.15) is 52.4 Å². The van der Waals surface area contributed by atoms with E-state index in [-0.39, 0.29) is 0 Å². The zero-order valence-electron chi connectivity index (χ0n) is 10.4. The highest BCUT2D eigenvalue weighted by Crippen LogP contribution is 2.56. The van der Waals surface area contributed by atoms with Gasteiger partial charge in [0.25, 0.3) is 0 Å². The highest BCUT2D eigenvalue weighted by atomic mass is 14.4. The molecule has 4 aliphatic carbocycles. The number of allylic oxidation sites excluding steroid dienone is 6. The normalized spacial score (nSPS) is 36.4. The molecule has 0 aliphatic heterocycles. The van der Waals surface area contributed by atoms with E-state index in [9.17, 15) is 0 Å². The summed E-state index contributed by atoms with van der Waals surface area (Å²) in [6.45, 7) is 4.83. The van der Waals surface area contributed by atoms with Crippen molar-refractivity contribution in [2.45, 2.75) is 52.4 Å². The molecule has 4 aliphatic rings. The average molecular weight is 212 g/mol. The van der Waals surface area contributed by atoms with Gasteiger partial charge in [-0.25, -0.2) is 0 Å². The molecule has 0 radical (unpaired) electrons. The molecule has 2 atom stereocenters. The summed E-state index contributed by atoms with van der Waals surface area (Å²) < 4.78 is 0. The topological polar surface area (TPSA) is 0 Å². The lowest BCUT2D eigenvalue weighted by atomic mass is 9.94. The Morgan fingerprint density at radius 3 is 1.50 bits per heavy atom. The molecule has 0 spiro atoms. The van der Waals surface area contributed by atoms with E-state index < -0.39 is 0 Å². The fourth-order valence-corrected chi connectivity index (χ4v) is 4.47. The van der Waals surface area contributed by atoms with Crippen molar-refractivity contribution in [2.75, 3.05) is 0 Å². The Balaban J connectivity index is 1.69. The van der Waals surface area contributed by atoms with Gasteiger partial charge in [0.1, 0.15) is 0 Å². The highest BCUT2D eigenvalue weighted by Gasteiger charge is 2.38. The molecular formula is C16H20. The van der Waals surface area contributed by atoms with Gasteiger partial charge in [-0.2, -0.15) is 0 Å². The van der Waals surface area contributed by atoms with Gasteiger partial charge in [0.05, 0.1) is 0 Å². The summed E-state index contributed by atoms with van der Waals surface area (Å²) in [6, 6.07) is 0. The molecule has 0 amide bonds. The van der Waals surface area contributed by atoms with E-state index in [2.05, 4.69) is 13.8 Å². The molecule has 2 unspecified atom stereocenters. The minimum atomic E-state index is 0.924. The molecule has 0 saturated carbocycles. The standard InChI is InChI=1S/C16H20/c1-9-3-11-7-16-14-6-10(2)4-12(14)8-15(16)13(11)5-9/h9-10H,3-8H2,1-2H3. The molecule has 0 nitrogen and oxygen atoms in total. The third-order valence-corrected chi connectivity index (χ3v) is 5.02. The number of rotatable bonds is 0. The van der Waals surface area contributed by atoms with Crippen LogP contribution in [-0.4, -0.2) is 0 Å². The first-order valence-corrected chi connectivity index (χ1v) is 6.87. The second-order valence-electron chi connectivity index (χ2n) is 6.50. The molecule has 0 aromatic heterocycles. The molecule has 0 heteroatoms. The summed E-state index contributed by atoms with van der Waals surface area (Å²) in [4.78, 5) is 0. The van der Waals surface area contributed by atoms with Crippen LogP contribution in [0.3, 0.4) is 0 Å². The number of hydrogen-bond acceptors (Lipinski definition) is 0. The van der Waals surface area contributed by atoms with Crippen molar-refractivity contribution in [2.24, 2.45) is 11.8 Å². The molecular weight excluding hydrogens is 192 g/mol. The molecule has 0 aromatic rings. The van der Waals surface area contributed by atoms with Crippen LogP contribution in [0.4, 0.5) is 0 Å². The van der Waals surface area contributed by atoms with Gasteiger partial charge in [0, 0.05) is 0 Å². The zero-order valence-corrected chi connectivity index (χ0v) is 10.4. The molecule has 84 valence electrons. The Bertz CT molecular complexity index is 426. The Morgan fingerprint density at radius 1 is 0.625 bits per heavy atom. The number of fused-ring (bicyclic) bond motifs is 2. The van der Waals surface area contributed by atoms with Gasteiger partial charge in [-0.3, -0.25) is 0 Å². The first kappa shape index (κ1) is 9.27. The SMILES string of the molecule is CC1CC2=C(C1)C1=C(C2)C2=C(C1)CC(C)C2. The molecule has 0 fully saturated rings. The van der Waals surface area contributed by atoms with E-state index in [0.29, 0.717) is 0 Å². The van der Waals surface area contributed by atoms with Crippen LogP contribution in [0.25, 0.3) is 0 Å². The van der Waals surface area contributed by atoms with Crippen molar-refractivity contribution >= 4 is 0 Å². The van der Waals surface area contributed by atoms with Crippen LogP contribution in [0.15, 0.2) is 33.4 Å². The average Bonchev–Trinajstić information content (AvgIpc) is 2.85. The molecule has 0 N–H and O–H groups in total. The van der Waals surface area contributed by atoms with Gasteiger partial charge in [-0.05, 0) is 72.7 Å². The largest absolute Gasteiger partial charge is 0.0620 e. The lowest BCUT2D eigenvalue weighted by molar-refractivity contribution is 0.600. The van der Waals surface area contributed by atoms with E-state index in [0.717, 1.165) is 11.8 Å². The van der Waals surface area contributed by atoms with Gasteiger partial charge in [0.15, 0.2) is 0 Å². The monoisotopic (exact) mass is 212 g/mol. The molecule has 0 bridgehead atoms. The van der Waals surface area contributed by atoms with Gasteiger partial charge >= 0.3 is 0 Å². The lowest BCUT2D eigenvalue weighted by Crippen LogP contribution is -1.95.